The Bertz CT molecular complexity index is 289. The monoisotopic (exact) mass is 209 g/mol. The number of aryl methyl sites for hydroxylation is 3. The van der Waals surface area contributed by atoms with Crippen molar-refractivity contribution in [2.45, 2.75) is 53.1 Å². The van der Waals surface area contributed by atoms with E-state index < -0.39 is 0 Å². The van der Waals surface area contributed by atoms with Crippen molar-refractivity contribution >= 4 is 0 Å². The third kappa shape index (κ3) is 4.47. The van der Waals surface area contributed by atoms with Crippen LogP contribution >= 0.6 is 0 Å². The fourth-order valence-corrected chi connectivity index (χ4v) is 1.68. The highest BCUT2D eigenvalue weighted by Crippen LogP contribution is 2.03. The van der Waals surface area contributed by atoms with Crippen LogP contribution in [0.15, 0.2) is 6.07 Å². The van der Waals surface area contributed by atoms with Crippen LogP contribution in [0.3, 0.4) is 0 Å². The van der Waals surface area contributed by atoms with Gasteiger partial charge in [0, 0.05) is 18.3 Å². The van der Waals surface area contributed by atoms with Crippen LogP contribution in [0.1, 0.15) is 38.1 Å². The summed E-state index contributed by atoms with van der Waals surface area (Å²) >= 11 is 0. The molecule has 0 spiro atoms. The van der Waals surface area contributed by atoms with Crippen molar-refractivity contribution < 1.29 is 0 Å². The molecule has 0 aliphatic carbocycles. The van der Waals surface area contributed by atoms with Crippen LogP contribution in [-0.2, 0) is 6.54 Å². The predicted octanol–water partition coefficient (Wildman–Crippen LogP) is 2.28. The van der Waals surface area contributed by atoms with Gasteiger partial charge in [-0.15, -0.1) is 0 Å². The molecule has 3 heteroatoms. The lowest BCUT2D eigenvalue weighted by Crippen LogP contribution is -2.23. The van der Waals surface area contributed by atoms with Gasteiger partial charge in [0.25, 0.3) is 0 Å². The van der Waals surface area contributed by atoms with Crippen molar-refractivity contribution in [3.63, 3.8) is 0 Å². The molecule has 0 saturated heterocycles. The summed E-state index contributed by atoms with van der Waals surface area (Å²) in [5.74, 6) is 0. The van der Waals surface area contributed by atoms with E-state index in [1.165, 1.54) is 18.5 Å². The first kappa shape index (κ1) is 12.2. The van der Waals surface area contributed by atoms with Gasteiger partial charge in [0.1, 0.15) is 0 Å². The van der Waals surface area contributed by atoms with Gasteiger partial charge in [0.2, 0.25) is 0 Å². The summed E-state index contributed by atoms with van der Waals surface area (Å²) in [4.78, 5) is 0. The van der Waals surface area contributed by atoms with E-state index in [-0.39, 0.29) is 0 Å². The van der Waals surface area contributed by atoms with E-state index >= 15 is 0 Å². The normalized spacial score (nSPS) is 11.3. The lowest BCUT2D eigenvalue weighted by Gasteiger charge is -2.08. The Hall–Kier alpha value is -0.830. The fourth-order valence-electron chi connectivity index (χ4n) is 1.68. The van der Waals surface area contributed by atoms with E-state index in [2.05, 4.69) is 41.9 Å². The topological polar surface area (TPSA) is 29.9 Å². The Morgan fingerprint density at radius 1 is 1.33 bits per heavy atom. The SMILES string of the molecule is Cc1cc(C)n(CCCCNC(C)C)n1. The summed E-state index contributed by atoms with van der Waals surface area (Å²) in [6, 6.07) is 2.73. The molecule has 0 aliphatic rings. The van der Waals surface area contributed by atoms with Crippen molar-refractivity contribution in [1.82, 2.24) is 15.1 Å². The van der Waals surface area contributed by atoms with Crippen LogP contribution in [0.5, 0.6) is 0 Å². The van der Waals surface area contributed by atoms with Gasteiger partial charge in [-0.25, -0.2) is 0 Å². The molecule has 1 heterocycles. The minimum Gasteiger partial charge on any atom is -0.315 e. The summed E-state index contributed by atoms with van der Waals surface area (Å²) in [5, 5.41) is 7.86. The first-order chi connectivity index (χ1) is 7.09. The van der Waals surface area contributed by atoms with E-state index in [9.17, 15) is 0 Å². The van der Waals surface area contributed by atoms with Crippen molar-refractivity contribution in [3.8, 4) is 0 Å². The maximum atomic E-state index is 4.44. The van der Waals surface area contributed by atoms with Crippen LogP contribution in [0, 0.1) is 13.8 Å². The zero-order valence-corrected chi connectivity index (χ0v) is 10.4. The second-order valence-electron chi connectivity index (χ2n) is 4.47. The first-order valence-corrected chi connectivity index (χ1v) is 5.84. The van der Waals surface area contributed by atoms with E-state index in [4.69, 9.17) is 0 Å². The second kappa shape index (κ2) is 5.91. The molecule has 0 fully saturated rings. The molecule has 0 atom stereocenters. The van der Waals surface area contributed by atoms with Crippen molar-refractivity contribution in [2.75, 3.05) is 6.54 Å². The van der Waals surface area contributed by atoms with Crippen LogP contribution in [0.2, 0.25) is 0 Å². The van der Waals surface area contributed by atoms with Gasteiger partial charge >= 0.3 is 0 Å². The number of unbranched alkanes of at least 4 members (excludes halogenated alkanes) is 1. The Labute approximate surface area is 92.9 Å². The number of rotatable bonds is 6. The second-order valence-corrected chi connectivity index (χ2v) is 4.47. The average molecular weight is 209 g/mol. The zero-order valence-electron chi connectivity index (χ0n) is 10.4. The smallest absolute Gasteiger partial charge is 0.0596 e. The molecule has 0 unspecified atom stereocenters. The van der Waals surface area contributed by atoms with Gasteiger partial charge in [0.15, 0.2) is 0 Å². The van der Waals surface area contributed by atoms with Crippen LogP contribution < -0.4 is 5.32 Å². The number of aromatic nitrogens is 2. The summed E-state index contributed by atoms with van der Waals surface area (Å²) < 4.78 is 2.10. The molecule has 0 radical (unpaired) electrons. The highest BCUT2D eigenvalue weighted by molar-refractivity contribution is 5.06. The molecule has 1 N–H and O–H groups in total. The molecular formula is C12H23N3. The van der Waals surface area contributed by atoms with Crippen molar-refractivity contribution in [2.24, 2.45) is 0 Å². The third-order valence-electron chi connectivity index (χ3n) is 2.45. The molecule has 0 saturated carbocycles. The largest absolute Gasteiger partial charge is 0.315 e. The van der Waals surface area contributed by atoms with Gasteiger partial charge in [-0.2, -0.15) is 5.10 Å². The summed E-state index contributed by atoms with van der Waals surface area (Å²) in [5.41, 5.74) is 2.39. The molecule has 0 amide bonds. The van der Waals surface area contributed by atoms with Gasteiger partial charge in [-0.05, 0) is 39.3 Å². The lowest BCUT2D eigenvalue weighted by molar-refractivity contribution is 0.505. The predicted molar refractivity (Wildman–Crippen MR) is 64.1 cm³/mol. The van der Waals surface area contributed by atoms with E-state index in [0.717, 1.165) is 18.8 Å². The Morgan fingerprint density at radius 3 is 2.60 bits per heavy atom. The number of hydrogen-bond donors (Lipinski definition) is 1. The number of nitrogens with one attached hydrogen (secondary N) is 1. The highest BCUT2D eigenvalue weighted by Gasteiger charge is 1.99. The molecule has 0 aliphatic heterocycles. The Balaban J connectivity index is 2.17. The maximum absolute atomic E-state index is 4.44. The number of hydrogen-bond acceptors (Lipinski definition) is 2. The van der Waals surface area contributed by atoms with E-state index in [1.807, 2.05) is 6.92 Å². The fraction of sp³-hybridized carbons (Fsp3) is 0.750. The Kier molecular flexibility index (Phi) is 4.82. The van der Waals surface area contributed by atoms with Gasteiger partial charge in [-0.3, -0.25) is 4.68 Å². The van der Waals surface area contributed by atoms with Crippen LogP contribution in [0.4, 0.5) is 0 Å². The average Bonchev–Trinajstić information content (AvgIpc) is 2.44. The van der Waals surface area contributed by atoms with Gasteiger partial charge < -0.3 is 5.32 Å². The standard InChI is InChI=1S/C12H23N3/c1-10(2)13-7-5-6-8-15-12(4)9-11(3)14-15/h9-10,13H,5-8H2,1-4H3. The summed E-state index contributed by atoms with van der Waals surface area (Å²) in [7, 11) is 0. The molecule has 1 rings (SSSR count). The zero-order chi connectivity index (χ0) is 11.3. The quantitative estimate of drug-likeness (QED) is 0.728. The van der Waals surface area contributed by atoms with Gasteiger partial charge in [0.05, 0.1) is 5.69 Å². The molecule has 0 bridgehead atoms. The minimum atomic E-state index is 0.596. The molecule has 1 aromatic rings. The van der Waals surface area contributed by atoms with Crippen LogP contribution in [0.25, 0.3) is 0 Å². The van der Waals surface area contributed by atoms with Gasteiger partial charge in [-0.1, -0.05) is 13.8 Å². The van der Waals surface area contributed by atoms with Crippen molar-refractivity contribution in [1.29, 1.82) is 0 Å². The lowest BCUT2D eigenvalue weighted by atomic mass is 10.3. The molecular weight excluding hydrogens is 186 g/mol. The van der Waals surface area contributed by atoms with Crippen molar-refractivity contribution in [3.05, 3.63) is 17.5 Å². The molecule has 15 heavy (non-hydrogen) atoms. The first-order valence-electron chi connectivity index (χ1n) is 5.84. The summed E-state index contributed by atoms with van der Waals surface area (Å²) in [6.07, 6.45) is 2.41. The summed E-state index contributed by atoms with van der Waals surface area (Å²) in [6.45, 7) is 10.7. The maximum Gasteiger partial charge on any atom is 0.0596 e. The minimum absolute atomic E-state index is 0.596. The third-order valence-corrected chi connectivity index (χ3v) is 2.45. The molecule has 3 nitrogen and oxygen atoms in total. The van der Waals surface area contributed by atoms with E-state index in [1.54, 1.807) is 0 Å². The Morgan fingerprint density at radius 2 is 2.07 bits per heavy atom. The highest BCUT2D eigenvalue weighted by atomic mass is 15.3. The number of nitrogens with zero attached hydrogens (tertiary/aromatic N) is 2. The molecule has 86 valence electrons. The molecule has 0 aromatic carbocycles. The molecule has 1 aromatic heterocycles. The van der Waals surface area contributed by atoms with Crippen LogP contribution in [-0.4, -0.2) is 22.4 Å². The van der Waals surface area contributed by atoms with E-state index in [0.29, 0.717) is 6.04 Å².